The second-order valence-corrected chi connectivity index (χ2v) is 5.19. The molecule has 0 radical (unpaired) electrons. The van der Waals surface area contributed by atoms with Gasteiger partial charge in [0.2, 0.25) is 0 Å². The topological polar surface area (TPSA) is 93.4 Å². The molecule has 0 aliphatic carbocycles. The molecule has 0 aromatic carbocycles. The second-order valence-electron chi connectivity index (χ2n) is 5.19. The summed E-state index contributed by atoms with van der Waals surface area (Å²) in [6, 6.07) is 0. The highest BCUT2D eigenvalue weighted by Crippen LogP contribution is 2.32. The second kappa shape index (κ2) is 4.41. The first-order valence-electron chi connectivity index (χ1n) is 6.22. The van der Waals surface area contributed by atoms with E-state index in [2.05, 4.69) is 15.1 Å². The molecule has 2 aromatic heterocycles. The molecular weight excluding hydrogens is 262 g/mol. The quantitative estimate of drug-likeness (QED) is 0.843. The van der Waals surface area contributed by atoms with Crippen LogP contribution >= 0.6 is 0 Å². The summed E-state index contributed by atoms with van der Waals surface area (Å²) in [6.07, 6.45) is 3.24. The van der Waals surface area contributed by atoms with Gasteiger partial charge in [-0.25, -0.2) is 14.8 Å². The summed E-state index contributed by atoms with van der Waals surface area (Å²) in [4.78, 5) is 21.1. The van der Waals surface area contributed by atoms with Gasteiger partial charge in [0, 0.05) is 7.05 Å². The molecule has 0 amide bonds. The summed E-state index contributed by atoms with van der Waals surface area (Å²) in [5, 5.41) is 13.7. The number of rotatable bonds is 4. The molecule has 20 heavy (non-hydrogen) atoms. The van der Waals surface area contributed by atoms with E-state index in [4.69, 9.17) is 9.84 Å². The summed E-state index contributed by atoms with van der Waals surface area (Å²) < 4.78 is 7.09. The Balaban J connectivity index is 1.77. The molecule has 8 heteroatoms. The van der Waals surface area contributed by atoms with Crippen LogP contribution in [-0.2, 0) is 16.6 Å². The van der Waals surface area contributed by atoms with Gasteiger partial charge in [-0.2, -0.15) is 5.10 Å². The zero-order valence-corrected chi connectivity index (χ0v) is 11.3. The van der Waals surface area contributed by atoms with Gasteiger partial charge in [0.15, 0.2) is 5.65 Å². The Bertz CT molecular complexity index is 662. The SMILES string of the molecule is Cn1ncc2c(N3CC(C)(OCC(=O)O)C3)ncnc21. The predicted octanol–water partition coefficient (Wildman–Crippen LogP) is 0.0432. The lowest BCUT2D eigenvalue weighted by Crippen LogP contribution is -2.62. The van der Waals surface area contributed by atoms with Gasteiger partial charge in [-0.05, 0) is 6.92 Å². The van der Waals surface area contributed by atoms with Crippen LogP contribution in [0.2, 0.25) is 0 Å². The largest absolute Gasteiger partial charge is 0.480 e. The van der Waals surface area contributed by atoms with E-state index in [1.54, 1.807) is 10.9 Å². The molecule has 1 fully saturated rings. The number of hydrogen-bond donors (Lipinski definition) is 1. The van der Waals surface area contributed by atoms with Crippen molar-refractivity contribution in [1.29, 1.82) is 0 Å². The van der Waals surface area contributed by atoms with Gasteiger partial charge in [-0.3, -0.25) is 4.68 Å². The molecular formula is C12H15N5O3. The van der Waals surface area contributed by atoms with Crippen molar-refractivity contribution in [3.05, 3.63) is 12.5 Å². The van der Waals surface area contributed by atoms with Crippen LogP contribution in [0.1, 0.15) is 6.92 Å². The van der Waals surface area contributed by atoms with Crippen LogP contribution in [0.25, 0.3) is 11.0 Å². The third-order valence-electron chi connectivity index (χ3n) is 3.40. The van der Waals surface area contributed by atoms with Crippen LogP contribution in [0.5, 0.6) is 0 Å². The van der Waals surface area contributed by atoms with Crippen molar-refractivity contribution in [2.45, 2.75) is 12.5 Å². The fourth-order valence-corrected chi connectivity index (χ4v) is 2.44. The van der Waals surface area contributed by atoms with Crippen molar-refractivity contribution >= 4 is 22.8 Å². The first-order chi connectivity index (χ1) is 9.48. The standard InChI is InChI=1S/C12H15N5O3/c1-12(20-4-9(18)19)5-17(6-12)11-8-3-15-16(2)10(8)13-7-14-11/h3,7H,4-6H2,1-2H3,(H,18,19). The molecule has 3 rings (SSSR count). The van der Waals surface area contributed by atoms with Gasteiger partial charge < -0.3 is 14.7 Å². The lowest BCUT2D eigenvalue weighted by molar-refractivity contribution is -0.150. The zero-order valence-electron chi connectivity index (χ0n) is 11.3. The first kappa shape index (κ1) is 12.8. The summed E-state index contributed by atoms with van der Waals surface area (Å²) in [7, 11) is 1.83. The Morgan fingerprint density at radius 2 is 2.25 bits per heavy atom. The van der Waals surface area contributed by atoms with Crippen molar-refractivity contribution in [3.8, 4) is 0 Å². The highest BCUT2D eigenvalue weighted by Gasteiger charge is 2.41. The normalized spacial score (nSPS) is 17.2. The van der Waals surface area contributed by atoms with E-state index < -0.39 is 11.6 Å². The minimum absolute atomic E-state index is 0.281. The Morgan fingerprint density at radius 1 is 1.50 bits per heavy atom. The van der Waals surface area contributed by atoms with Gasteiger partial charge in [-0.15, -0.1) is 0 Å². The number of carbonyl (C=O) groups is 1. The van der Waals surface area contributed by atoms with Gasteiger partial charge >= 0.3 is 5.97 Å². The lowest BCUT2D eigenvalue weighted by Gasteiger charge is -2.47. The van der Waals surface area contributed by atoms with E-state index in [0.29, 0.717) is 13.1 Å². The minimum Gasteiger partial charge on any atom is -0.480 e. The summed E-state index contributed by atoms with van der Waals surface area (Å²) >= 11 is 0. The molecule has 0 bridgehead atoms. The average Bonchev–Trinajstić information content (AvgIpc) is 2.75. The number of aromatic nitrogens is 4. The van der Waals surface area contributed by atoms with Crippen LogP contribution in [0, 0.1) is 0 Å². The van der Waals surface area contributed by atoms with E-state index in [9.17, 15) is 4.79 Å². The lowest BCUT2D eigenvalue weighted by atomic mass is 9.96. The van der Waals surface area contributed by atoms with Gasteiger partial charge in [0.1, 0.15) is 24.4 Å². The fourth-order valence-electron chi connectivity index (χ4n) is 2.44. The number of hydrogen-bond acceptors (Lipinski definition) is 6. The van der Waals surface area contributed by atoms with Crippen molar-refractivity contribution in [1.82, 2.24) is 19.7 Å². The van der Waals surface area contributed by atoms with Crippen molar-refractivity contribution in [2.24, 2.45) is 7.05 Å². The number of ether oxygens (including phenoxy) is 1. The molecule has 2 aromatic rings. The molecule has 8 nitrogen and oxygen atoms in total. The van der Waals surface area contributed by atoms with Crippen molar-refractivity contribution in [2.75, 3.05) is 24.6 Å². The average molecular weight is 277 g/mol. The number of carboxylic acids is 1. The molecule has 0 saturated carbocycles. The van der Waals surface area contributed by atoms with Crippen LogP contribution in [-0.4, -0.2) is 56.1 Å². The highest BCUT2D eigenvalue weighted by molar-refractivity contribution is 5.87. The molecule has 0 unspecified atom stereocenters. The number of nitrogens with zero attached hydrogens (tertiary/aromatic N) is 5. The predicted molar refractivity (Wildman–Crippen MR) is 70.5 cm³/mol. The molecule has 1 aliphatic rings. The molecule has 106 valence electrons. The van der Waals surface area contributed by atoms with Crippen molar-refractivity contribution < 1.29 is 14.6 Å². The summed E-state index contributed by atoms with van der Waals surface area (Å²) in [6.45, 7) is 2.81. The van der Waals surface area contributed by atoms with Crippen LogP contribution in [0.3, 0.4) is 0 Å². The van der Waals surface area contributed by atoms with E-state index >= 15 is 0 Å². The maximum absolute atomic E-state index is 10.5. The van der Waals surface area contributed by atoms with E-state index in [1.807, 2.05) is 18.9 Å². The number of carboxylic acid groups (broad SMARTS) is 1. The van der Waals surface area contributed by atoms with Gasteiger partial charge in [-0.1, -0.05) is 0 Å². The first-order valence-corrected chi connectivity index (χ1v) is 6.22. The van der Waals surface area contributed by atoms with Crippen LogP contribution < -0.4 is 4.90 Å². The monoisotopic (exact) mass is 277 g/mol. The van der Waals surface area contributed by atoms with Crippen LogP contribution in [0.15, 0.2) is 12.5 Å². The van der Waals surface area contributed by atoms with Gasteiger partial charge in [0.25, 0.3) is 0 Å². The zero-order chi connectivity index (χ0) is 14.3. The highest BCUT2D eigenvalue weighted by atomic mass is 16.5. The van der Waals surface area contributed by atoms with Crippen LogP contribution in [0.4, 0.5) is 5.82 Å². The summed E-state index contributed by atoms with van der Waals surface area (Å²) in [5.74, 6) is -0.152. The maximum Gasteiger partial charge on any atom is 0.329 e. The van der Waals surface area contributed by atoms with Crippen molar-refractivity contribution in [3.63, 3.8) is 0 Å². The Labute approximate surface area is 115 Å². The van der Waals surface area contributed by atoms with Gasteiger partial charge in [0.05, 0.1) is 24.7 Å². The Hall–Kier alpha value is -2.22. The number of aryl methyl sites for hydroxylation is 1. The molecule has 1 N–H and O–H groups in total. The number of anilines is 1. The van der Waals surface area contributed by atoms with E-state index in [0.717, 1.165) is 16.9 Å². The molecule has 0 spiro atoms. The molecule has 1 saturated heterocycles. The fraction of sp³-hybridized carbons (Fsp3) is 0.500. The molecule has 1 aliphatic heterocycles. The number of aliphatic carboxylic acids is 1. The Morgan fingerprint density at radius 3 is 2.95 bits per heavy atom. The maximum atomic E-state index is 10.5. The third-order valence-corrected chi connectivity index (χ3v) is 3.40. The Kier molecular flexibility index (Phi) is 2.82. The smallest absolute Gasteiger partial charge is 0.329 e. The minimum atomic E-state index is -0.957. The third kappa shape index (κ3) is 2.07. The van der Waals surface area contributed by atoms with E-state index in [1.165, 1.54) is 6.33 Å². The summed E-state index contributed by atoms with van der Waals surface area (Å²) in [5.41, 5.74) is 0.327. The van der Waals surface area contributed by atoms with E-state index in [-0.39, 0.29) is 6.61 Å². The number of fused-ring (bicyclic) bond motifs is 1. The molecule has 0 atom stereocenters. The molecule has 3 heterocycles.